The van der Waals surface area contributed by atoms with Gasteiger partial charge in [0.15, 0.2) is 0 Å². The smallest absolute Gasteiger partial charge is 0.264 e. The third kappa shape index (κ3) is 8.25. The Balaban J connectivity index is 2.07. The third-order valence-electron chi connectivity index (χ3n) is 6.82. The Kier molecular flexibility index (Phi) is 11.8. The van der Waals surface area contributed by atoms with Gasteiger partial charge in [-0.05, 0) is 48.6 Å². The number of nitrogens with one attached hydrogen (secondary N) is 1. The number of carbonyl (C=O) groups excluding carboxylic acids is 2. The normalized spacial score (nSPS) is 12.0. The zero-order chi connectivity index (χ0) is 30.7. The lowest BCUT2D eigenvalue weighted by atomic mass is 10.1. The van der Waals surface area contributed by atoms with Crippen LogP contribution in [0.5, 0.6) is 11.5 Å². The fourth-order valence-corrected chi connectivity index (χ4v) is 5.98. The number of anilines is 1. The Morgan fingerprint density at radius 1 is 0.905 bits per heavy atom. The van der Waals surface area contributed by atoms with Crippen LogP contribution in [-0.4, -0.2) is 65.0 Å². The number of nitrogens with zero attached hydrogens (tertiary/aromatic N) is 2. The van der Waals surface area contributed by atoms with Crippen molar-refractivity contribution >= 4 is 27.5 Å². The second-order valence-electron chi connectivity index (χ2n) is 10.2. The van der Waals surface area contributed by atoms with Crippen molar-refractivity contribution in [2.75, 3.05) is 38.2 Å². The largest absolute Gasteiger partial charge is 0.497 e. The molecule has 3 aromatic rings. The number of benzene rings is 3. The zero-order valence-corrected chi connectivity index (χ0v) is 25.8. The monoisotopic (exact) mass is 595 g/mol. The molecule has 42 heavy (non-hydrogen) atoms. The molecule has 10 heteroatoms. The second-order valence-corrected chi connectivity index (χ2v) is 12.1. The van der Waals surface area contributed by atoms with Crippen LogP contribution in [0.4, 0.5) is 5.69 Å². The molecule has 2 amide bonds. The van der Waals surface area contributed by atoms with E-state index in [0.29, 0.717) is 25.1 Å². The molecule has 0 bridgehead atoms. The summed E-state index contributed by atoms with van der Waals surface area (Å²) in [5.41, 5.74) is 1.14. The first-order valence-electron chi connectivity index (χ1n) is 14.0. The third-order valence-corrected chi connectivity index (χ3v) is 8.59. The molecule has 0 radical (unpaired) electrons. The minimum Gasteiger partial charge on any atom is -0.497 e. The van der Waals surface area contributed by atoms with Gasteiger partial charge in [-0.3, -0.25) is 13.9 Å². The minimum atomic E-state index is -4.23. The van der Waals surface area contributed by atoms with E-state index in [1.807, 2.05) is 51.1 Å². The lowest BCUT2D eigenvalue weighted by Gasteiger charge is -2.33. The molecule has 0 fully saturated rings. The zero-order valence-electron chi connectivity index (χ0n) is 24.9. The molecule has 0 aromatic heterocycles. The number of ether oxygens (including phenoxy) is 2. The van der Waals surface area contributed by atoms with Gasteiger partial charge < -0.3 is 19.7 Å². The highest BCUT2D eigenvalue weighted by Gasteiger charge is 2.34. The molecule has 3 aromatic carbocycles. The van der Waals surface area contributed by atoms with Crippen molar-refractivity contribution in [2.24, 2.45) is 5.92 Å². The molecule has 0 aliphatic heterocycles. The number of rotatable bonds is 15. The minimum absolute atomic E-state index is 0.0141. The second kappa shape index (κ2) is 15.3. The van der Waals surface area contributed by atoms with Crippen molar-refractivity contribution in [3.63, 3.8) is 0 Å². The number of sulfonamides is 1. The van der Waals surface area contributed by atoms with Gasteiger partial charge in [-0.2, -0.15) is 0 Å². The summed E-state index contributed by atoms with van der Waals surface area (Å²) in [7, 11) is -1.33. The van der Waals surface area contributed by atoms with Gasteiger partial charge >= 0.3 is 0 Å². The van der Waals surface area contributed by atoms with Gasteiger partial charge in [0.1, 0.15) is 24.1 Å². The van der Waals surface area contributed by atoms with E-state index in [0.717, 1.165) is 9.87 Å². The molecule has 226 valence electrons. The molecule has 0 heterocycles. The summed E-state index contributed by atoms with van der Waals surface area (Å²) in [4.78, 5) is 29.0. The summed E-state index contributed by atoms with van der Waals surface area (Å²) in [6.45, 7) is 5.97. The number of hydrogen-bond donors (Lipinski definition) is 1. The predicted octanol–water partition coefficient (Wildman–Crippen LogP) is 4.52. The van der Waals surface area contributed by atoms with Crippen molar-refractivity contribution in [1.82, 2.24) is 10.2 Å². The van der Waals surface area contributed by atoms with Crippen LogP contribution in [0.3, 0.4) is 0 Å². The van der Waals surface area contributed by atoms with Gasteiger partial charge in [0, 0.05) is 19.2 Å². The number of carbonyl (C=O) groups is 2. The SMILES string of the molecule is CCC(C(=O)NCC(C)C)N(CCc1ccccc1)C(=O)CN(c1cc(OC)ccc1OC)S(=O)(=O)c1ccccc1. The summed E-state index contributed by atoms with van der Waals surface area (Å²) < 4.78 is 40.1. The van der Waals surface area contributed by atoms with Crippen molar-refractivity contribution in [2.45, 2.75) is 44.6 Å². The topological polar surface area (TPSA) is 105 Å². The van der Waals surface area contributed by atoms with Crippen LogP contribution in [0, 0.1) is 5.92 Å². The Morgan fingerprint density at radius 3 is 2.12 bits per heavy atom. The molecular formula is C32H41N3O6S. The summed E-state index contributed by atoms with van der Waals surface area (Å²) in [6.07, 6.45) is 0.854. The van der Waals surface area contributed by atoms with Gasteiger partial charge in [0.2, 0.25) is 11.8 Å². The highest BCUT2D eigenvalue weighted by molar-refractivity contribution is 7.92. The van der Waals surface area contributed by atoms with E-state index in [9.17, 15) is 18.0 Å². The number of methoxy groups -OCH3 is 2. The number of hydrogen-bond acceptors (Lipinski definition) is 6. The maximum Gasteiger partial charge on any atom is 0.264 e. The fraction of sp³-hybridized carbons (Fsp3) is 0.375. The van der Waals surface area contributed by atoms with Crippen LogP contribution in [-0.2, 0) is 26.0 Å². The Labute approximate surface area is 249 Å². The van der Waals surface area contributed by atoms with Crippen molar-refractivity contribution < 1.29 is 27.5 Å². The molecule has 9 nitrogen and oxygen atoms in total. The Bertz CT molecular complexity index is 1410. The average molecular weight is 596 g/mol. The van der Waals surface area contributed by atoms with Crippen molar-refractivity contribution in [1.29, 1.82) is 0 Å². The van der Waals surface area contributed by atoms with Gasteiger partial charge in [0.05, 0.1) is 24.8 Å². The van der Waals surface area contributed by atoms with Crippen LogP contribution >= 0.6 is 0 Å². The molecular weight excluding hydrogens is 554 g/mol. The number of amides is 2. The van der Waals surface area contributed by atoms with Crippen molar-refractivity contribution in [3.05, 3.63) is 84.4 Å². The van der Waals surface area contributed by atoms with Gasteiger partial charge in [-0.15, -0.1) is 0 Å². The molecule has 1 N–H and O–H groups in total. The average Bonchev–Trinajstić information content (AvgIpc) is 3.01. The van der Waals surface area contributed by atoms with E-state index < -0.39 is 28.5 Å². The van der Waals surface area contributed by atoms with Crippen LogP contribution in [0.1, 0.15) is 32.8 Å². The van der Waals surface area contributed by atoms with E-state index >= 15 is 0 Å². The summed E-state index contributed by atoms with van der Waals surface area (Å²) in [5, 5.41) is 2.94. The molecule has 3 rings (SSSR count). The van der Waals surface area contributed by atoms with E-state index in [1.165, 1.54) is 37.3 Å². The van der Waals surface area contributed by atoms with Crippen LogP contribution in [0.25, 0.3) is 0 Å². The summed E-state index contributed by atoms with van der Waals surface area (Å²) in [5.74, 6) is 0.0884. The predicted molar refractivity (Wildman–Crippen MR) is 164 cm³/mol. The summed E-state index contributed by atoms with van der Waals surface area (Å²) >= 11 is 0. The molecule has 0 aliphatic carbocycles. The maximum atomic E-state index is 14.2. The van der Waals surface area contributed by atoms with Crippen LogP contribution in [0.2, 0.25) is 0 Å². The molecule has 0 saturated heterocycles. The quantitative estimate of drug-likeness (QED) is 0.277. The van der Waals surface area contributed by atoms with E-state index in [1.54, 1.807) is 30.3 Å². The standard InChI is InChI=1S/C32H41N3O6S/c1-6-28(32(37)33-22-24(2)3)34(20-19-25-13-9-7-10-14-25)31(36)23-35(42(38,39)27-15-11-8-12-16-27)29-21-26(40-4)17-18-30(29)41-5/h7-18,21,24,28H,6,19-20,22-23H2,1-5H3,(H,33,37). The molecule has 1 unspecified atom stereocenters. The fourth-order valence-electron chi connectivity index (χ4n) is 4.54. The maximum absolute atomic E-state index is 14.2. The first-order valence-corrected chi connectivity index (χ1v) is 15.5. The molecule has 0 spiro atoms. The van der Waals surface area contributed by atoms with Gasteiger partial charge in [-0.25, -0.2) is 8.42 Å². The lowest BCUT2D eigenvalue weighted by molar-refractivity contribution is -0.139. The molecule has 0 aliphatic rings. The van der Waals surface area contributed by atoms with E-state index in [2.05, 4.69) is 5.32 Å². The Hall–Kier alpha value is -4.05. The summed E-state index contributed by atoms with van der Waals surface area (Å²) in [6, 6.07) is 21.5. The molecule has 0 saturated carbocycles. The lowest BCUT2D eigenvalue weighted by Crippen LogP contribution is -2.53. The highest BCUT2D eigenvalue weighted by atomic mass is 32.2. The van der Waals surface area contributed by atoms with Crippen molar-refractivity contribution in [3.8, 4) is 11.5 Å². The van der Waals surface area contributed by atoms with E-state index in [4.69, 9.17) is 9.47 Å². The highest BCUT2D eigenvalue weighted by Crippen LogP contribution is 2.36. The first kappa shape index (κ1) is 32.5. The van der Waals surface area contributed by atoms with Gasteiger partial charge in [-0.1, -0.05) is 69.3 Å². The van der Waals surface area contributed by atoms with Crippen LogP contribution in [0.15, 0.2) is 83.8 Å². The molecule has 1 atom stereocenters. The van der Waals surface area contributed by atoms with E-state index in [-0.39, 0.29) is 34.7 Å². The van der Waals surface area contributed by atoms with Gasteiger partial charge in [0.25, 0.3) is 10.0 Å². The van der Waals surface area contributed by atoms with Crippen LogP contribution < -0.4 is 19.1 Å². The first-order chi connectivity index (χ1) is 20.1. The Morgan fingerprint density at radius 2 is 1.55 bits per heavy atom.